The number of nitrogens with zero attached hydrogens (tertiary/aromatic N) is 4. The van der Waals surface area contributed by atoms with E-state index in [9.17, 15) is 4.79 Å². The van der Waals surface area contributed by atoms with E-state index in [1.54, 1.807) is 24.7 Å². The summed E-state index contributed by atoms with van der Waals surface area (Å²) in [6.45, 7) is 3.30. The highest BCUT2D eigenvalue weighted by Gasteiger charge is 2.28. The molecule has 1 saturated heterocycles. The minimum absolute atomic E-state index is 0.0120. The molecule has 0 aliphatic carbocycles. The van der Waals surface area contributed by atoms with Crippen molar-refractivity contribution >= 4 is 17.2 Å². The molecule has 0 aromatic carbocycles. The van der Waals surface area contributed by atoms with Gasteiger partial charge in [0.15, 0.2) is 5.82 Å². The predicted molar refractivity (Wildman–Crippen MR) is 104 cm³/mol. The van der Waals surface area contributed by atoms with Crippen molar-refractivity contribution in [3.8, 4) is 17.3 Å². The van der Waals surface area contributed by atoms with Gasteiger partial charge in [-0.3, -0.25) is 4.79 Å². The highest BCUT2D eigenvalue weighted by atomic mass is 32.1. The number of hydrogen-bond donors (Lipinski definition) is 0. The number of carbonyl (C=O) groups excluding carboxylic acids is 1. The Morgan fingerprint density at radius 2 is 2.07 bits per heavy atom. The van der Waals surface area contributed by atoms with Gasteiger partial charge in [-0.2, -0.15) is 0 Å². The molecule has 4 heterocycles. The van der Waals surface area contributed by atoms with Gasteiger partial charge in [-0.1, -0.05) is 0 Å². The Labute approximate surface area is 161 Å². The summed E-state index contributed by atoms with van der Waals surface area (Å²) in [6, 6.07) is 7.53. The van der Waals surface area contributed by atoms with E-state index in [2.05, 4.69) is 15.0 Å². The zero-order chi connectivity index (χ0) is 18.6. The van der Waals surface area contributed by atoms with Gasteiger partial charge in [0.25, 0.3) is 5.91 Å². The number of hydrogen-bond acceptors (Lipinski definition) is 6. The topological polar surface area (TPSA) is 68.2 Å². The van der Waals surface area contributed by atoms with Crippen LogP contribution >= 0.6 is 11.3 Å². The fourth-order valence-electron chi connectivity index (χ4n) is 3.20. The van der Waals surface area contributed by atoms with Gasteiger partial charge in [0.2, 0.25) is 5.88 Å². The highest BCUT2D eigenvalue weighted by Crippen LogP contribution is 2.28. The molecular weight excluding hydrogens is 360 g/mol. The van der Waals surface area contributed by atoms with Crippen molar-refractivity contribution in [2.75, 3.05) is 13.1 Å². The number of carbonyl (C=O) groups is 1. The molecule has 0 N–H and O–H groups in total. The third kappa shape index (κ3) is 3.98. The first-order chi connectivity index (χ1) is 13.2. The number of piperidine rings is 1. The summed E-state index contributed by atoms with van der Waals surface area (Å²) in [5.74, 6) is 1.21. The maximum atomic E-state index is 13.1. The van der Waals surface area contributed by atoms with Crippen LogP contribution in [0.25, 0.3) is 11.4 Å². The number of aryl methyl sites for hydroxylation is 1. The summed E-state index contributed by atoms with van der Waals surface area (Å²) in [6.07, 6.45) is 6.90. The lowest BCUT2D eigenvalue weighted by atomic mass is 10.1. The van der Waals surface area contributed by atoms with E-state index in [1.807, 2.05) is 35.4 Å². The molecule has 1 fully saturated rings. The van der Waals surface area contributed by atoms with Crippen molar-refractivity contribution in [3.63, 3.8) is 0 Å². The summed E-state index contributed by atoms with van der Waals surface area (Å²) in [5.41, 5.74) is 1.89. The van der Waals surface area contributed by atoms with Crippen molar-refractivity contribution < 1.29 is 9.53 Å². The van der Waals surface area contributed by atoms with E-state index < -0.39 is 0 Å². The highest BCUT2D eigenvalue weighted by molar-refractivity contribution is 7.12. The standard InChI is InChI=1S/C20H20N4O2S/c1-14-5-9-21-17(12-14)26-15-4-2-10-24(13-15)20(25)18-16(6-11-27-18)19-22-7-3-8-23-19/h3,5-9,11-12,15H,2,4,10,13H2,1H3/t15-/m1/s1. The van der Waals surface area contributed by atoms with Crippen LogP contribution in [0.5, 0.6) is 5.88 Å². The van der Waals surface area contributed by atoms with Gasteiger partial charge in [0.1, 0.15) is 11.0 Å². The molecule has 6 nitrogen and oxygen atoms in total. The largest absolute Gasteiger partial charge is 0.472 e. The first kappa shape index (κ1) is 17.6. The second kappa shape index (κ2) is 7.84. The Hall–Kier alpha value is -2.80. The molecule has 0 spiro atoms. The maximum Gasteiger partial charge on any atom is 0.264 e. The first-order valence-electron chi connectivity index (χ1n) is 8.94. The van der Waals surface area contributed by atoms with E-state index in [0.717, 1.165) is 30.5 Å². The van der Waals surface area contributed by atoms with Gasteiger partial charge >= 0.3 is 0 Å². The molecule has 1 aliphatic heterocycles. The SMILES string of the molecule is Cc1ccnc(O[C@@H]2CCCN(C(=O)c3sccc3-c3ncccn3)C2)c1. The van der Waals surface area contributed by atoms with Gasteiger partial charge < -0.3 is 9.64 Å². The third-order valence-corrected chi connectivity index (χ3v) is 5.41. The quantitative estimate of drug-likeness (QED) is 0.692. The van der Waals surface area contributed by atoms with Crippen molar-refractivity contribution in [1.29, 1.82) is 0 Å². The van der Waals surface area contributed by atoms with Crippen molar-refractivity contribution in [2.24, 2.45) is 0 Å². The molecule has 0 unspecified atom stereocenters. The van der Waals surface area contributed by atoms with Crippen LogP contribution in [-0.4, -0.2) is 45.0 Å². The fourth-order valence-corrected chi connectivity index (χ4v) is 4.05. The van der Waals surface area contributed by atoms with E-state index in [-0.39, 0.29) is 12.0 Å². The lowest BCUT2D eigenvalue weighted by molar-refractivity contribution is 0.0532. The zero-order valence-electron chi connectivity index (χ0n) is 15.0. The Bertz CT molecular complexity index is 928. The van der Waals surface area contributed by atoms with Gasteiger partial charge in [-0.15, -0.1) is 11.3 Å². The predicted octanol–water partition coefficient (Wildman–Crippen LogP) is 3.59. The lowest BCUT2D eigenvalue weighted by Gasteiger charge is -2.32. The monoisotopic (exact) mass is 380 g/mol. The molecule has 1 atom stereocenters. The molecule has 1 aliphatic rings. The van der Waals surface area contributed by atoms with Crippen molar-refractivity contribution in [2.45, 2.75) is 25.9 Å². The summed E-state index contributed by atoms with van der Waals surface area (Å²) in [4.78, 5) is 28.5. The van der Waals surface area contributed by atoms with Gasteiger partial charge in [-0.05, 0) is 48.9 Å². The molecule has 4 rings (SSSR count). The second-order valence-electron chi connectivity index (χ2n) is 6.54. The molecule has 1 amide bonds. The molecular formula is C20H20N4O2S. The molecule has 0 saturated carbocycles. The minimum Gasteiger partial charge on any atom is -0.472 e. The van der Waals surface area contributed by atoms with Crippen LogP contribution in [0.15, 0.2) is 48.2 Å². The van der Waals surface area contributed by atoms with Crippen LogP contribution in [-0.2, 0) is 0 Å². The Balaban J connectivity index is 1.49. The zero-order valence-corrected chi connectivity index (χ0v) is 15.9. The average molecular weight is 380 g/mol. The molecule has 7 heteroatoms. The molecule has 0 radical (unpaired) electrons. The van der Waals surface area contributed by atoms with Crippen molar-refractivity contribution in [3.05, 3.63) is 58.7 Å². The summed E-state index contributed by atoms with van der Waals surface area (Å²) in [5, 5.41) is 1.91. The van der Waals surface area contributed by atoms with Crippen LogP contribution in [0.2, 0.25) is 0 Å². The first-order valence-corrected chi connectivity index (χ1v) is 9.82. The molecule has 138 valence electrons. The summed E-state index contributed by atoms with van der Waals surface area (Å²) in [7, 11) is 0. The Kier molecular flexibility index (Phi) is 5.11. The minimum atomic E-state index is -0.0478. The number of ether oxygens (including phenoxy) is 1. The number of thiophene rings is 1. The number of aromatic nitrogens is 3. The maximum absolute atomic E-state index is 13.1. The molecule has 3 aromatic rings. The van der Waals surface area contributed by atoms with Crippen LogP contribution in [0.1, 0.15) is 28.1 Å². The third-order valence-electron chi connectivity index (χ3n) is 4.51. The van der Waals surface area contributed by atoms with Crippen molar-refractivity contribution in [1.82, 2.24) is 19.9 Å². The van der Waals surface area contributed by atoms with Crippen LogP contribution in [0.3, 0.4) is 0 Å². The average Bonchev–Trinajstić information content (AvgIpc) is 3.18. The number of amides is 1. The van der Waals surface area contributed by atoms with Gasteiger partial charge in [0, 0.05) is 36.8 Å². The van der Waals surface area contributed by atoms with Crippen LogP contribution < -0.4 is 4.74 Å². The van der Waals surface area contributed by atoms with Gasteiger partial charge in [-0.25, -0.2) is 15.0 Å². The smallest absolute Gasteiger partial charge is 0.264 e. The van der Waals surface area contributed by atoms with Gasteiger partial charge in [0.05, 0.1) is 6.54 Å². The Morgan fingerprint density at radius 1 is 1.22 bits per heavy atom. The molecule has 3 aromatic heterocycles. The van der Waals surface area contributed by atoms with E-state index in [0.29, 0.717) is 23.1 Å². The molecule has 0 bridgehead atoms. The summed E-state index contributed by atoms with van der Waals surface area (Å²) < 4.78 is 6.02. The molecule has 27 heavy (non-hydrogen) atoms. The van der Waals surface area contributed by atoms with Crippen LogP contribution in [0, 0.1) is 6.92 Å². The fraction of sp³-hybridized carbons (Fsp3) is 0.300. The second-order valence-corrected chi connectivity index (χ2v) is 7.46. The Morgan fingerprint density at radius 3 is 2.89 bits per heavy atom. The van der Waals surface area contributed by atoms with E-state index in [4.69, 9.17) is 4.74 Å². The normalized spacial score (nSPS) is 16.9. The number of rotatable bonds is 4. The summed E-state index contributed by atoms with van der Waals surface area (Å²) >= 11 is 1.43. The number of likely N-dealkylation sites (tertiary alicyclic amines) is 1. The van der Waals surface area contributed by atoms with E-state index in [1.165, 1.54) is 11.3 Å². The number of pyridine rings is 1. The van der Waals surface area contributed by atoms with Crippen LogP contribution in [0.4, 0.5) is 0 Å². The lowest BCUT2D eigenvalue weighted by Crippen LogP contribution is -2.44. The van der Waals surface area contributed by atoms with E-state index >= 15 is 0 Å².